The van der Waals surface area contributed by atoms with E-state index in [4.69, 9.17) is 5.53 Å². The van der Waals surface area contributed by atoms with Gasteiger partial charge < -0.3 is 0 Å². The van der Waals surface area contributed by atoms with Gasteiger partial charge in [-0.3, -0.25) is 4.98 Å². The predicted octanol–water partition coefficient (Wildman–Crippen LogP) is 2.73. The maximum absolute atomic E-state index is 6.72. The molecule has 0 atom stereocenters. The van der Waals surface area contributed by atoms with Crippen molar-refractivity contribution in [1.29, 1.82) is 5.53 Å². The van der Waals surface area contributed by atoms with E-state index >= 15 is 0 Å². The summed E-state index contributed by atoms with van der Waals surface area (Å²) in [6.45, 7) is 1.90. The maximum Gasteiger partial charge on any atom is 0.220 e. The van der Waals surface area contributed by atoms with Crippen LogP contribution in [0, 0.1) is 12.5 Å². The fourth-order valence-corrected chi connectivity index (χ4v) is 1.42. The van der Waals surface area contributed by atoms with Crippen LogP contribution in [0.2, 0.25) is 0 Å². The van der Waals surface area contributed by atoms with Crippen molar-refractivity contribution in [1.82, 2.24) is 9.90 Å². The number of nitrogens with zero attached hydrogens (tertiary/aromatic N) is 3. The average Bonchev–Trinajstić information content (AvgIpc) is 2.18. The first-order valence-corrected chi connectivity index (χ1v) is 4.25. The first kappa shape index (κ1) is 8.53. The molecule has 0 saturated carbocycles. The zero-order valence-electron chi connectivity index (χ0n) is 7.73. The van der Waals surface area contributed by atoms with Crippen LogP contribution < -0.4 is 4.91 Å². The summed E-state index contributed by atoms with van der Waals surface area (Å²) in [5.74, 6) is 0. The number of nitrogens with one attached hydrogen (secondary N) is 1. The quantitative estimate of drug-likeness (QED) is 0.538. The summed E-state index contributed by atoms with van der Waals surface area (Å²) in [7, 11) is 0. The van der Waals surface area contributed by atoms with Crippen molar-refractivity contribution in [3.05, 3.63) is 36.0 Å². The molecule has 4 nitrogen and oxygen atoms in total. The van der Waals surface area contributed by atoms with E-state index in [0.717, 1.165) is 16.6 Å². The molecule has 0 aliphatic heterocycles. The molecule has 0 fully saturated rings. The smallest absolute Gasteiger partial charge is 0.220 e. The van der Waals surface area contributed by atoms with Gasteiger partial charge in [0.2, 0.25) is 4.91 Å². The Bertz CT molecular complexity index is 527. The molecule has 0 spiro atoms. The first-order valence-electron chi connectivity index (χ1n) is 4.25. The highest BCUT2D eigenvalue weighted by Gasteiger charge is 2.05. The van der Waals surface area contributed by atoms with Crippen LogP contribution in [0.1, 0.15) is 5.69 Å². The molecule has 0 amide bonds. The van der Waals surface area contributed by atoms with Gasteiger partial charge in [0.1, 0.15) is 5.53 Å². The van der Waals surface area contributed by atoms with E-state index in [-0.39, 0.29) is 0 Å². The molecular weight excluding hydrogens is 176 g/mol. The Morgan fingerprint density at radius 3 is 2.93 bits per heavy atom. The molecule has 2 aromatic rings. The Balaban J connectivity index is 2.86. The van der Waals surface area contributed by atoms with Gasteiger partial charge in [0, 0.05) is 11.1 Å². The van der Waals surface area contributed by atoms with Gasteiger partial charge in [-0.05, 0) is 19.1 Å². The number of aryl methyl sites for hydroxylation is 1. The minimum atomic E-state index is 0.697. The molecule has 0 aliphatic rings. The van der Waals surface area contributed by atoms with E-state index in [2.05, 4.69) is 15.0 Å². The Morgan fingerprint density at radius 1 is 1.36 bits per heavy atom. The summed E-state index contributed by atoms with van der Waals surface area (Å²) in [5, 5.41) is 4.67. The lowest BCUT2D eigenvalue weighted by molar-refractivity contribution is 0.992. The first-order chi connectivity index (χ1) is 6.81. The maximum atomic E-state index is 6.72. The molecule has 1 heterocycles. The van der Waals surface area contributed by atoms with Crippen LogP contribution in [0.15, 0.2) is 35.4 Å². The average molecular weight is 185 g/mol. The Labute approximate surface area is 80.8 Å². The number of hydrogen-bond acceptors (Lipinski definition) is 3. The summed E-state index contributed by atoms with van der Waals surface area (Å²) in [5.41, 5.74) is 9.19. The fourth-order valence-electron chi connectivity index (χ4n) is 1.42. The number of benzene rings is 1. The molecule has 0 radical (unpaired) electrons. The number of hydrogen-bond donors (Lipinski definition) is 1. The summed E-state index contributed by atoms with van der Waals surface area (Å²) < 4.78 is 0. The van der Waals surface area contributed by atoms with Gasteiger partial charge in [0.15, 0.2) is 10.8 Å². The Kier molecular flexibility index (Phi) is 2.05. The molecule has 4 heteroatoms. The summed E-state index contributed by atoms with van der Waals surface area (Å²) in [6.07, 6.45) is 0. The highest BCUT2D eigenvalue weighted by Crippen LogP contribution is 2.24. The molecule has 0 bridgehead atoms. The second kappa shape index (κ2) is 3.36. The number of rotatable bonds is 1. The molecule has 0 aliphatic carbocycles. The van der Waals surface area contributed by atoms with Crippen LogP contribution >= 0.6 is 0 Å². The van der Waals surface area contributed by atoms with Crippen LogP contribution in [-0.4, -0.2) is 4.98 Å². The molecule has 14 heavy (non-hydrogen) atoms. The van der Waals surface area contributed by atoms with Crippen molar-refractivity contribution >= 4 is 16.6 Å². The normalized spacial score (nSPS) is 9.79. The third-order valence-corrected chi connectivity index (χ3v) is 1.98. The van der Waals surface area contributed by atoms with E-state index in [1.54, 1.807) is 0 Å². The number of aromatic nitrogens is 1. The van der Waals surface area contributed by atoms with Crippen molar-refractivity contribution in [3.8, 4) is 0 Å². The van der Waals surface area contributed by atoms with Gasteiger partial charge in [-0.2, -0.15) is 0 Å². The van der Waals surface area contributed by atoms with Gasteiger partial charge in [-0.1, -0.05) is 18.2 Å². The van der Waals surface area contributed by atoms with Crippen molar-refractivity contribution in [2.45, 2.75) is 6.92 Å². The van der Waals surface area contributed by atoms with E-state index in [1.807, 2.05) is 37.3 Å². The fraction of sp³-hybridized carbons (Fsp3) is 0.100. The summed E-state index contributed by atoms with van der Waals surface area (Å²) >= 11 is 0. The van der Waals surface area contributed by atoms with E-state index in [0.29, 0.717) is 5.69 Å². The molecule has 1 aromatic carbocycles. The highest BCUT2D eigenvalue weighted by molar-refractivity contribution is 5.89. The minimum absolute atomic E-state index is 0.697. The van der Waals surface area contributed by atoms with Crippen LogP contribution in [0.4, 0.5) is 5.69 Å². The lowest BCUT2D eigenvalue weighted by atomic mass is 10.2. The van der Waals surface area contributed by atoms with Crippen LogP contribution in [-0.2, 0) is 0 Å². The van der Waals surface area contributed by atoms with Crippen molar-refractivity contribution in [3.63, 3.8) is 0 Å². The van der Waals surface area contributed by atoms with Gasteiger partial charge in [0.25, 0.3) is 0 Å². The zero-order valence-corrected chi connectivity index (χ0v) is 7.73. The van der Waals surface area contributed by atoms with Crippen molar-refractivity contribution < 1.29 is 0 Å². The molecule has 2 rings (SSSR count). The standard InChI is InChI=1S/C10H9N4/c1-7-6-10(13-14-11)8-4-2-3-5-9(8)12-7/h2-6,11H,1H3/q+1. The van der Waals surface area contributed by atoms with Gasteiger partial charge in [-0.15, -0.1) is 0 Å². The minimum Gasteiger partial charge on any atom is -0.253 e. The molecule has 68 valence electrons. The topological polar surface area (TPSA) is 63.2 Å². The van der Waals surface area contributed by atoms with E-state index in [9.17, 15) is 0 Å². The highest BCUT2D eigenvalue weighted by atomic mass is 15.1. The third-order valence-electron chi connectivity index (χ3n) is 1.98. The molecule has 1 aromatic heterocycles. The molecule has 0 unspecified atom stereocenters. The molecule has 0 saturated heterocycles. The second-order valence-electron chi connectivity index (χ2n) is 3.00. The predicted molar refractivity (Wildman–Crippen MR) is 53.4 cm³/mol. The zero-order chi connectivity index (χ0) is 9.97. The van der Waals surface area contributed by atoms with Crippen LogP contribution in [0.5, 0.6) is 0 Å². The SMILES string of the molecule is Cc1cc(N=[N+]=N)c2ccccc2n1. The van der Waals surface area contributed by atoms with Crippen LogP contribution in [0.3, 0.4) is 0 Å². The van der Waals surface area contributed by atoms with Crippen molar-refractivity contribution in [2.75, 3.05) is 0 Å². The summed E-state index contributed by atoms with van der Waals surface area (Å²) in [6, 6.07) is 9.51. The van der Waals surface area contributed by atoms with Crippen LogP contribution in [0.25, 0.3) is 10.9 Å². The number of para-hydroxylation sites is 1. The molecule has 1 N–H and O–H groups in total. The third kappa shape index (κ3) is 1.39. The lowest BCUT2D eigenvalue weighted by Gasteiger charge is -1.98. The Morgan fingerprint density at radius 2 is 2.14 bits per heavy atom. The van der Waals surface area contributed by atoms with Gasteiger partial charge in [-0.25, -0.2) is 0 Å². The Hall–Kier alpha value is -2.06. The second-order valence-corrected chi connectivity index (χ2v) is 3.00. The molecular formula is C10H9N4+. The lowest BCUT2D eigenvalue weighted by Crippen LogP contribution is -1.83. The summed E-state index contributed by atoms with van der Waals surface area (Å²) in [4.78, 5) is 7.40. The number of fused-ring (bicyclic) bond motifs is 1. The van der Waals surface area contributed by atoms with Crippen molar-refractivity contribution in [2.24, 2.45) is 5.11 Å². The van der Waals surface area contributed by atoms with E-state index in [1.165, 1.54) is 0 Å². The van der Waals surface area contributed by atoms with Gasteiger partial charge >= 0.3 is 0 Å². The largest absolute Gasteiger partial charge is 0.253 e. The van der Waals surface area contributed by atoms with E-state index < -0.39 is 0 Å². The van der Waals surface area contributed by atoms with Gasteiger partial charge in [0.05, 0.1) is 5.52 Å². The monoisotopic (exact) mass is 185 g/mol. The number of pyridine rings is 1.